The van der Waals surface area contributed by atoms with Crippen LogP contribution in [-0.4, -0.2) is 22.6 Å². The Morgan fingerprint density at radius 1 is 1.22 bits per heavy atom. The molecule has 32 heavy (non-hydrogen) atoms. The van der Waals surface area contributed by atoms with Crippen LogP contribution in [0.4, 0.5) is 5.69 Å². The normalized spacial score (nSPS) is 15.8. The van der Waals surface area contributed by atoms with E-state index in [2.05, 4.69) is 20.9 Å². The summed E-state index contributed by atoms with van der Waals surface area (Å²) in [7, 11) is 1.29. The van der Waals surface area contributed by atoms with Crippen LogP contribution < -0.4 is 14.9 Å². The lowest BCUT2D eigenvalue weighted by Crippen LogP contribution is -2.39. The van der Waals surface area contributed by atoms with Crippen LogP contribution in [-0.2, 0) is 9.53 Å². The number of nitro benzene ring substituents is 1. The monoisotopic (exact) mass is 513 g/mol. The molecule has 1 atom stereocenters. The maximum absolute atomic E-state index is 13.4. The number of methoxy groups -OCH3 is 1. The minimum absolute atomic E-state index is 0.0304. The van der Waals surface area contributed by atoms with Crippen molar-refractivity contribution >= 4 is 45.0 Å². The van der Waals surface area contributed by atoms with Crippen LogP contribution in [0.3, 0.4) is 0 Å². The first kappa shape index (κ1) is 21.8. The number of nitrogens with zero attached hydrogens (tertiary/aromatic N) is 3. The molecule has 1 aliphatic heterocycles. The third-order valence-electron chi connectivity index (χ3n) is 5.01. The molecule has 0 amide bonds. The number of halogens is 1. The van der Waals surface area contributed by atoms with E-state index in [1.54, 1.807) is 25.1 Å². The van der Waals surface area contributed by atoms with Crippen LogP contribution in [0.2, 0.25) is 0 Å². The van der Waals surface area contributed by atoms with Gasteiger partial charge in [0.1, 0.15) is 0 Å². The lowest BCUT2D eigenvalue weighted by Gasteiger charge is -2.24. The van der Waals surface area contributed by atoms with Gasteiger partial charge in [-0.05, 0) is 48.4 Å². The molecule has 1 aliphatic rings. The SMILES string of the molecule is COC(=O)C1=C(C)N=c2sc(=Cc3ccc([N+](=O)[O-])cc3)c(=O)n2C1c1ccc(Br)cc1. The number of esters is 1. The summed E-state index contributed by atoms with van der Waals surface area (Å²) in [6.45, 7) is 1.71. The second-order valence-corrected chi connectivity index (χ2v) is 8.90. The number of nitro groups is 1. The smallest absolute Gasteiger partial charge is 0.338 e. The number of fused-ring (bicyclic) bond motifs is 1. The van der Waals surface area contributed by atoms with Crippen molar-refractivity contribution in [2.45, 2.75) is 13.0 Å². The van der Waals surface area contributed by atoms with Crippen molar-refractivity contribution in [3.63, 3.8) is 0 Å². The van der Waals surface area contributed by atoms with Crippen LogP contribution in [0.15, 0.2) is 74.1 Å². The third kappa shape index (κ3) is 3.94. The summed E-state index contributed by atoms with van der Waals surface area (Å²) in [5.74, 6) is -0.552. The van der Waals surface area contributed by atoms with Crippen LogP contribution in [0, 0.1) is 10.1 Å². The molecule has 0 saturated heterocycles. The molecule has 2 heterocycles. The Morgan fingerprint density at radius 2 is 1.88 bits per heavy atom. The standard InChI is InChI=1S/C22H16BrN3O5S/c1-12-18(21(28)31-2)19(14-5-7-15(23)8-6-14)25-20(27)17(32-22(25)24-12)11-13-3-9-16(10-4-13)26(29)30/h3-11,19H,1-2H3. The topological polar surface area (TPSA) is 104 Å². The fourth-order valence-corrected chi connectivity index (χ4v) is 4.81. The van der Waals surface area contributed by atoms with Gasteiger partial charge in [-0.2, -0.15) is 0 Å². The number of allylic oxidation sites excluding steroid dienone is 1. The van der Waals surface area contributed by atoms with Gasteiger partial charge in [0.25, 0.3) is 11.2 Å². The number of benzene rings is 2. The minimum atomic E-state index is -0.689. The first-order chi connectivity index (χ1) is 15.3. The summed E-state index contributed by atoms with van der Waals surface area (Å²) < 4.78 is 7.74. The number of aromatic nitrogens is 1. The van der Waals surface area contributed by atoms with Gasteiger partial charge in [-0.3, -0.25) is 19.5 Å². The zero-order valence-electron chi connectivity index (χ0n) is 16.9. The molecule has 0 radical (unpaired) electrons. The van der Waals surface area contributed by atoms with Gasteiger partial charge in [0.2, 0.25) is 0 Å². The summed E-state index contributed by atoms with van der Waals surface area (Å²) in [6, 6.07) is 12.6. The molecular formula is C22H16BrN3O5S. The molecule has 3 aromatic rings. The van der Waals surface area contributed by atoms with E-state index in [-0.39, 0.29) is 11.2 Å². The van der Waals surface area contributed by atoms with E-state index in [0.717, 1.165) is 10.0 Å². The predicted octanol–water partition coefficient (Wildman–Crippen LogP) is 3.08. The molecule has 0 aliphatic carbocycles. The van der Waals surface area contributed by atoms with Crippen molar-refractivity contribution in [2.75, 3.05) is 7.11 Å². The van der Waals surface area contributed by atoms with E-state index in [0.29, 0.717) is 26.2 Å². The van der Waals surface area contributed by atoms with Crippen molar-refractivity contribution in [1.29, 1.82) is 0 Å². The van der Waals surface area contributed by atoms with Gasteiger partial charge in [-0.15, -0.1) is 0 Å². The van der Waals surface area contributed by atoms with E-state index in [1.807, 2.05) is 24.3 Å². The van der Waals surface area contributed by atoms with Gasteiger partial charge in [0.15, 0.2) is 4.80 Å². The summed E-state index contributed by atoms with van der Waals surface area (Å²) in [4.78, 5) is 41.4. The highest BCUT2D eigenvalue weighted by molar-refractivity contribution is 9.10. The average Bonchev–Trinajstić information content (AvgIpc) is 3.08. The number of hydrogen-bond acceptors (Lipinski definition) is 7. The van der Waals surface area contributed by atoms with Gasteiger partial charge in [0, 0.05) is 16.6 Å². The second kappa shape index (κ2) is 8.64. The van der Waals surface area contributed by atoms with Crippen LogP contribution in [0.1, 0.15) is 24.1 Å². The number of non-ortho nitro benzene ring substituents is 1. The summed E-state index contributed by atoms with van der Waals surface area (Å²) in [5, 5.41) is 10.9. The van der Waals surface area contributed by atoms with E-state index in [4.69, 9.17) is 4.74 Å². The first-order valence-electron chi connectivity index (χ1n) is 9.41. The molecule has 162 valence electrons. The Morgan fingerprint density at radius 3 is 2.47 bits per heavy atom. The number of ether oxygens (including phenoxy) is 1. The number of thiazole rings is 1. The Kier molecular flexibility index (Phi) is 5.90. The van der Waals surface area contributed by atoms with Crippen LogP contribution in [0.25, 0.3) is 6.08 Å². The zero-order chi connectivity index (χ0) is 23.0. The largest absolute Gasteiger partial charge is 0.466 e. The number of rotatable bonds is 4. The quantitative estimate of drug-likeness (QED) is 0.303. The highest BCUT2D eigenvalue weighted by Crippen LogP contribution is 2.31. The molecule has 1 unspecified atom stereocenters. The lowest BCUT2D eigenvalue weighted by molar-refractivity contribution is -0.384. The fraction of sp³-hybridized carbons (Fsp3) is 0.136. The van der Waals surface area contributed by atoms with E-state index >= 15 is 0 Å². The van der Waals surface area contributed by atoms with Gasteiger partial charge in [-0.1, -0.05) is 39.4 Å². The number of hydrogen-bond donors (Lipinski definition) is 0. The van der Waals surface area contributed by atoms with Crippen molar-refractivity contribution < 1.29 is 14.5 Å². The molecule has 0 spiro atoms. The second-order valence-electron chi connectivity index (χ2n) is 6.97. The molecule has 0 saturated carbocycles. The highest BCUT2D eigenvalue weighted by Gasteiger charge is 2.33. The Balaban J connectivity index is 1.92. The Bertz CT molecular complexity index is 1440. The molecule has 10 heteroatoms. The highest BCUT2D eigenvalue weighted by atomic mass is 79.9. The van der Waals surface area contributed by atoms with Gasteiger partial charge < -0.3 is 4.74 Å². The van der Waals surface area contributed by atoms with E-state index in [1.165, 1.54) is 35.1 Å². The lowest BCUT2D eigenvalue weighted by atomic mass is 9.96. The van der Waals surface area contributed by atoms with Crippen LogP contribution >= 0.6 is 27.3 Å². The Hall–Kier alpha value is -3.37. The number of carbonyl (C=O) groups is 1. The van der Waals surface area contributed by atoms with E-state index in [9.17, 15) is 19.7 Å². The minimum Gasteiger partial charge on any atom is -0.466 e. The maximum atomic E-state index is 13.4. The predicted molar refractivity (Wildman–Crippen MR) is 123 cm³/mol. The molecule has 2 aromatic carbocycles. The summed E-state index contributed by atoms with van der Waals surface area (Å²) in [6.07, 6.45) is 1.66. The first-order valence-corrected chi connectivity index (χ1v) is 11.0. The summed E-state index contributed by atoms with van der Waals surface area (Å²) in [5.41, 5.74) is 1.82. The average molecular weight is 514 g/mol. The van der Waals surface area contributed by atoms with Crippen molar-refractivity contribution in [1.82, 2.24) is 4.57 Å². The zero-order valence-corrected chi connectivity index (χ0v) is 19.3. The van der Waals surface area contributed by atoms with Gasteiger partial charge in [-0.25, -0.2) is 9.79 Å². The molecule has 4 rings (SSSR count). The molecular weight excluding hydrogens is 498 g/mol. The molecule has 0 fully saturated rings. The van der Waals surface area contributed by atoms with Crippen LogP contribution in [0.5, 0.6) is 0 Å². The maximum Gasteiger partial charge on any atom is 0.338 e. The Labute approximate surface area is 194 Å². The molecule has 0 N–H and O–H groups in total. The molecule has 1 aromatic heterocycles. The van der Waals surface area contributed by atoms with Crippen molar-refractivity contribution in [3.05, 3.63) is 105 Å². The summed E-state index contributed by atoms with van der Waals surface area (Å²) >= 11 is 4.60. The van der Waals surface area contributed by atoms with E-state index < -0.39 is 16.9 Å². The third-order valence-corrected chi connectivity index (χ3v) is 6.53. The molecule has 0 bridgehead atoms. The van der Waals surface area contributed by atoms with Crippen molar-refractivity contribution in [2.24, 2.45) is 4.99 Å². The van der Waals surface area contributed by atoms with Crippen molar-refractivity contribution in [3.8, 4) is 0 Å². The fourth-order valence-electron chi connectivity index (χ4n) is 3.50. The molecule has 8 nitrogen and oxygen atoms in total. The van der Waals surface area contributed by atoms with Gasteiger partial charge in [0.05, 0.1) is 33.9 Å². The number of carbonyl (C=O) groups excluding carboxylic acids is 1. The van der Waals surface area contributed by atoms with Gasteiger partial charge >= 0.3 is 5.97 Å².